The summed E-state index contributed by atoms with van der Waals surface area (Å²) in [5.74, 6) is -0.0575. The highest BCUT2D eigenvalue weighted by Crippen LogP contribution is 2.36. The van der Waals surface area contributed by atoms with Crippen LogP contribution in [0.25, 0.3) is 0 Å². The van der Waals surface area contributed by atoms with Crippen LogP contribution < -0.4 is 10.0 Å². The number of sulfonamides is 1. The van der Waals surface area contributed by atoms with Crippen LogP contribution in [0.5, 0.6) is 0 Å². The zero-order valence-corrected chi connectivity index (χ0v) is 14.1. The summed E-state index contributed by atoms with van der Waals surface area (Å²) in [4.78, 5) is 0. The molecular formula is C15H14ClF3N2O2S. The second-order valence-corrected chi connectivity index (χ2v) is 7.32. The van der Waals surface area contributed by atoms with E-state index < -0.39 is 21.8 Å². The molecule has 24 heavy (non-hydrogen) atoms. The fourth-order valence-corrected chi connectivity index (χ4v) is 2.72. The third-order valence-corrected chi connectivity index (χ3v) is 4.74. The summed E-state index contributed by atoms with van der Waals surface area (Å²) in [6.07, 6.45) is -4.54. The largest absolute Gasteiger partial charge is 0.417 e. The summed E-state index contributed by atoms with van der Waals surface area (Å²) in [7, 11) is -3.38. The van der Waals surface area contributed by atoms with Crippen molar-refractivity contribution < 1.29 is 21.6 Å². The lowest BCUT2D eigenvalue weighted by molar-refractivity contribution is -0.137. The molecule has 0 saturated heterocycles. The van der Waals surface area contributed by atoms with Crippen molar-refractivity contribution in [2.75, 3.05) is 15.8 Å². The molecule has 0 unspecified atom stereocenters. The topological polar surface area (TPSA) is 58.2 Å². The van der Waals surface area contributed by atoms with E-state index in [0.717, 1.165) is 12.1 Å². The first-order valence-electron chi connectivity index (χ1n) is 6.85. The maximum absolute atomic E-state index is 12.8. The van der Waals surface area contributed by atoms with Gasteiger partial charge in [0.1, 0.15) is 0 Å². The molecule has 2 aromatic carbocycles. The van der Waals surface area contributed by atoms with E-state index in [4.69, 9.17) is 11.6 Å². The van der Waals surface area contributed by atoms with Gasteiger partial charge in [-0.05, 0) is 49.4 Å². The number of nitrogens with one attached hydrogen (secondary N) is 2. The van der Waals surface area contributed by atoms with Gasteiger partial charge in [0.15, 0.2) is 0 Å². The molecular weight excluding hydrogens is 365 g/mol. The summed E-state index contributed by atoms with van der Waals surface area (Å²) in [5.41, 5.74) is 0.162. The fraction of sp³-hybridized carbons (Fsp3) is 0.200. The van der Waals surface area contributed by atoms with Crippen molar-refractivity contribution in [3.63, 3.8) is 0 Å². The molecule has 130 valence electrons. The summed E-state index contributed by atoms with van der Waals surface area (Å²) in [5, 5.41) is 2.43. The highest BCUT2D eigenvalue weighted by atomic mass is 35.5. The Morgan fingerprint density at radius 1 is 1.00 bits per heavy atom. The van der Waals surface area contributed by atoms with Gasteiger partial charge in [-0.15, -0.1) is 0 Å². The Kier molecular flexibility index (Phi) is 5.29. The molecule has 0 spiro atoms. The molecule has 0 saturated carbocycles. The zero-order chi connectivity index (χ0) is 18.0. The molecule has 0 aliphatic heterocycles. The molecule has 0 fully saturated rings. The second kappa shape index (κ2) is 6.90. The number of benzene rings is 2. The van der Waals surface area contributed by atoms with Gasteiger partial charge in [-0.3, -0.25) is 4.72 Å². The average molecular weight is 379 g/mol. The number of hydrogen-bond acceptors (Lipinski definition) is 3. The highest BCUT2D eigenvalue weighted by Gasteiger charge is 2.33. The maximum atomic E-state index is 12.8. The van der Waals surface area contributed by atoms with E-state index in [1.165, 1.54) is 25.1 Å². The molecule has 0 atom stereocenters. The monoisotopic (exact) mass is 378 g/mol. The molecule has 0 amide bonds. The smallest absolute Gasteiger partial charge is 0.356 e. The van der Waals surface area contributed by atoms with Gasteiger partial charge in [0, 0.05) is 17.1 Å². The SMILES string of the molecule is CCS(=O)(=O)Nc1ccc(Nc2ccc(Cl)c(C(F)(F)F)c2)cc1. The molecule has 0 aliphatic rings. The number of alkyl halides is 3. The molecule has 0 aliphatic carbocycles. The standard InChI is InChI=1S/C15H14ClF3N2O2S/c1-2-24(22,23)21-11-5-3-10(4-6-11)20-12-7-8-14(16)13(9-12)15(17,18)19/h3-9,20-21H,2H2,1H3. The second-order valence-electron chi connectivity index (χ2n) is 4.90. The minimum Gasteiger partial charge on any atom is -0.356 e. The van der Waals surface area contributed by atoms with E-state index >= 15 is 0 Å². The number of halogens is 4. The lowest BCUT2D eigenvalue weighted by Gasteiger charge is -2.13. The van der Waals surface area contributed by atoms with Crippen molar-refractivity contribution in [3.8, 4) is 0 Å². The van der Waals surface area contributed by atoms with E-state index in [1.54, 1.807) is 12.1 Å². The number of anilines is 3. The van der Waals surface area contributed by atoms with Gasteiger partial charge < -0.3 is 5.32 Å². The van der Waals surface area contributed by atoms with Crippen LogP contribution in [0.4, 0.5) is 30.2 Å². The molecule has 0 radical (unpaired) electrons. The van der Waals surface area contributed by atoms with Gasteiger partial charge in [-0.2, -0.15) is 13.2 Å². The molecule has 2 N–H and O–H groups in total. The van der Waals surface area contributed by atoms with Crippen LogP contribution in [0.2, 0.25) is 5.02 Å². The van der Waals surface area contributed by atoms with Crippen LogP contribution in [0.15, 0.2) is 42.5 Å². The van der Waals surface area contributed by atoms with E-state index in [1.807, 2.05) is 0 Å². The molecule has 9 heteroatoms. The first-order valence-corrected chi connectivity index (χ1v) is 8.88. The summed E-state index contributed by atoms with van der Waals surface area (Å²) < 4.78 is 63.8. The molecule has 0 heterocycles. The van der Waals surface area contributed by atoms with Crippen LogP contribution in [-0.4, -0.2) is 14.2 Å². The van der Waals surface area contributed by atoms with Gasteiger partial charge in [0.05, 0.1) is 16.3 Å². The van der Waals surface area contributed by atoms with E-state index in [0.29, 0.717) is 11.4 Å². The lowest BCUT2D eigenvalue weighted by Crippen LogP contribution is -2.14. The van der Waals surface area contributed by atoms with Crippen molar-refractivity contribution in [3.05, 3.63) is 53.1 Å². The molecule has 0 aromatic heterocycles. The van der Waals surface area contributed by atoms with Crippen molar-refractivity contribution in [2.45, 2.75) is 13.1 Å². The summed E-state index contributed by atoms with van der Waals surface area (Å²) >= 11 is 5.57. The van der Waals surface area contributed by atoms with Crippen LogP contribution >= 0.6 is 11.6 Å². The van der Waals surface area contributed by atoms with Crippen molar-refractivity contribution in [1.29, 1.82) is 0 Å². The van der Waals surface area contributed by atoms with Gasteiger partial charge in [-0.1, -0.05) is 11.6 Å². The molecule has 2 rings (SSSR count). The Hall–Kier alpha value is -1.93. The van der Waals surface area contributed by atoms with Crippen molar-refractivity contribution in [2.24, 2.45) is 0 Å². The average Bonchev–Trinajstić information content (AvgIpc) is 2.50. The zero-order valence-electron chi connectivity index (χ0n) is 12.5. The van der Waals surface area contributed by atoms with Gasteiger partial charge >= 0.3 is 6.18 Å². The van der Waals surface area contributed by atoms with E-state index in [-0.39, 0.29) is 16.5 Å². The van der Waals surface area contributed by atoms with E-state index in [2.05, 4.69) is 10.0 Å². The minimum atomic E-state index is -4.54. The van der Waals surface area contributed by atoms with Crippen LogP contribution in [0.3, 0.4) is 0 Å². The fourth-order valence-electron chi connectivity index (χ4n) is 1.86. The van der Waals surface area contributed by atoms with Gasteiger partial charge in [0.2, 0.25) is 10.0 Å². The highest BCUT2D eigenvalue weighted by molar-refractivity contribution is 7.92. The maximum Gasteiger partial charge on any atom is 0.417 e. The van der Waals surface area contributed by atoms with Crippen LogP contribution in [0.1, 0.15) is 12.5 Å². The predicted molar refractivity (Wildman–Crippen MR) is 89.3 cm³/mol. The quantitative estimate of drug-likeness (QED) is 0.780. The molecule has 4 nitrogen and oxygen atoms in total. The first-order chi connectivity index (χ1) is 11.1. The Morgan fingerprint density at radius 2 is 1.54 bits per heavy atom. The predicted octanol–water partition coefficient (Wildman–Crippen LogP) is 4.86. The lowest BCUT2D eigenvalue weighted by atomic mass is 10.2. The number of rotatable bonds is 5. The normalized spacial score (nSPS) is 12.0. The van der Waals surface area contributed by atoms with E-state index in [9.17, 15) is 21.6 Å². The van der Waals surface area contributed by atoms with Gasteiger partial charge in [0.25, 0.3) is 0 Å². The molecule has 2 aromatic rings. The first kappa shape index (κ1) is 18.4. The van der Waals surface area contributed by atoms with Crippen molar-refractivity contribution >= 4 is 38.7 Å². The number of hydrogen-bond donors (Lipinski definition) is 2. The third-order valence-electron chi connectivity index (χ3n) is 3.10. The Morgan fingerprint density at radius 3 is 2.08 bits per heavy atom. The summed E-state index contributed by atoms with van der Waals surface area (Å²) in [6, 6.07) is 9.62. The van der Waals surface area contributed by atoms with Crippen LogP contribution in [0, 0.1) is 0 Å². The Balaban J connectivity index is 2.18. The Labute approximate surface area is 142 Å². The Bertz CT molecular complexity index is 822. The van der Waals surface area contributed by atoms with Crippen LogP contribution in [-0.2, 0) is 16.2 Å². The van der Waals surface area contributed by atoms with Crippen molar-refractivity contribution in [1.82, 2.24) is 0 Å². The summed E-state index contributed by atoms with van der Waals surface area (Å²) in [6.45, 7) is 1.51. The molecule has 0 bridgehead atoms. The van der Waals surface area contributed by atoms with Gasteiger partial charge in [-0.25, -0.2) is 8.42 Å². The third kappa shape index (κ3) is 4.78. The minimum absolute atomic E-state index is 0.0575.